The Morgan fingerprint density at radius 3 is 2.71 bits per heavy atom. The number of carbonyl (C=O) groups is 2. The van der Waals surface area contributed by atoms with Crippen molar-refractivity contribution in [2.45, 2.75) is 78.2 Å². The van der Waals surface area contributed by atoms with E-state index in [2.05, 4.69) is 19.9 Å². The zero-order valence-corrected chi connectivity index (χ0v) is 19.2. The lowest BCUT2D eigenvalue weighted by Crippen LogP contribution is -2.54. The summed E-state index contributed by atoms with van der Waals surface area (Å²) in [5, 5.41) is 9.62. The van der Waals surface area contributed by atoms with Crippen molar-refractivity contribution in [3.8, 4) is 0 Å². The number of cyclic esters (lactones) is 1. The van der Waals surface area contributed by atoms with Crippen LogP contribution in [-0.2, 0) is 9.53 Å². The Kier molecular flexibility index (Phi) is 5.02. The predicted molar refractivity (Wildman–Crippen MR) is 118 cm³/mol. The summed E-state index contributed by atoms with van der Waals surface area (Å²) in [6.45, 7) is 7.98. The van der Waals surface area contributed by atoms with Crippen LogP contribution < -0.4 is 0 Å². The zero-order chi connectivity index (χ0) is 22.0. The molecule has 0 aromatic carbocycles. The summed E-state index contributed by atoms with van der Waals surface area (Å²) < 4.78 is 5.25. The first kappa shape index (κ1) is 21.1. The molecule has 31 heavy (non-hydrogen) atoms. The van der Waals surface area contributed by atoms with Gasteiger partial charge in [-0.1, -0.05) is 25.5 Å². The highest BCUT2D eigenvalue weighted by atomic mass is 16.5. The van der Waals surface area contributed by atoms with Crippen molar-refractivity contribution in [3.05, 3.63) is 23.3 Å². The highest BCUT2D eigenvalue weighted by molar-refractivity contribution is 5.85. The monoisotopic (exact) mass is 427 g/mol. The maximum absolute atomic E-state index is 11.7. The number of hydrogen-bond donors (Lipinski definition) is 1. The Hall–Kier alpha value is -1.78. The molecule has 1 aliphatic heterocycles. The lowest BCUT2D eigenvalue weighted by molar-refractivity contribution is -0.135. The number of nitrogens with zero attached hydrogens (tertiary/aromatic N) is 1. The topological polar surface area (TPSA) is 66.8 Å². The first-order chi connectivity index (χ1) is 14.8. The van der Waals surface area contributed by atoms with Crippen molar-refractivity contribution in [2.75, 3.05) is 13.2 Å². The van der Waals surface area contributed by atoms with Gasteiger partial charge in [0.1, 0.15) is 6.61 Å². The Morgan fingerprint density at radius 2 is 2.03 bits per heavy atom. The van der Waals surface area contributed by atoms with Gasteiger partial charge in [-0.05, 0) is 98.4 Å². The Morgan fingerprint density at radius 1 is 1.23 bits per heavy atom. The molecule has 170 valence electrons. The van der Waals surface area contributed by atoms with Crippen LogP contribution in [0.5, 0.6) is 0 Å². The quantitative estimate of drug-likeness (QED) is 0.483. The van der Waals surface area contributed by atoms with E-state index in [1.165, 1.54) is 31.3 Å². The van der Waals surface area contributed by atoms with E-state index < -0.39 is 6.09 Å². The molecule has 4 aliphatic carbocycles. The molecule has 0 saturated heterocycles. The van der Waals surface area contributed by atoms with E-state index >= 15 is 0 Å². The third-order valence-electron chi connectivity index (χ3n) is 10.2. The molecule has 0 spiro atoms. The van der Waals surface area contributed by atoms with E-state index in [0.717, 1.165) is 25.7 Å². The van der Waals surface area contributed by atoms with Gasteiger partial charge in [0.15, 0.2) is 0 Å². The highest BCUT2D eigenvalue weighted by Gasteiger charge is 2.58. The van der Waals surface area contributed by atoms with Crippen LogP contribution in [0.4, 0.5) is 4.79 Å². The van der Waals surface area contributed by atoms with E-state index in [1.807, 2.05) is 6.92 Å². The van der Waals surface area contributed by atoms with Gasteiger partial charge in [-0.2, -0.15) is 0 Å². The molecule has 0 aromatic rings. The predicted octanol–water partition coefficient (Wildman–Crippen LogP) is 5.42. The van der Waals surface area contributed by atoms with E-state index in [9.17, 15) is 14.7 Å². The Balaban J connectivity index is 1.36. The molecule has 0 aromatic heterocycles. The van der Waals surface area contributed by atoms with Crippen LogP contribution in [0.2, 0.25) is 0 Å². The van der Waals surface area contributed by atoms with Crippen LogP contribution in [0.25, 0.3) is 0 Å². The van der Waals surface area contributed by atoms with Crippen LogP contribution >= 0.6 is 0 Å². The fourth-order valence-electron chi connectivity index (χ4n) is 8.55. The normalized spacial score (nSPS) is 43.8. The second-order valence-corrected chi connectivity index (χ2v) is 11.2. The van der Waals surface area contributed by atoms with E-state index in [4.69, 9.17) is 4.74 Å². The molecule has 5 rings (SSSR count). The summed E-state index contributed by atoms with van der Waals surface area (Å²) >= 11 is 0. The van der Waals surface area contributed by atoms with E-state index in [1.54, 1.807) is 16.5 Å². The van der Waals surface area contributed by atoms with Gasteiger partial charge in [0.2, 0.25) is 0 Å². The van der Waals surface area contributed by atoms with E-state index in [0.29, 0.717) is 42.2 Å². The summed E-state index contributed by atoms with van der Waals surface area (Å²) in [6.07, 6.45) is 12.6. The molecule has 3 fully saturated rings. The van der Waals surface area contributed by atoms with Crippen LogP contribution in [0.15, 0.2) is 23.3 Å². The van der Waals surface area contributed by atoms with Gasteiger partial charge in [-0.3, -0.25) is 0 Å². The summed E-state index contributed by atoms with van der Waals surface area (Å²) in [5.41, 5.74) is 3.36. The van der Waals surface area contributed by atoms with Gasteiger partial charge in [0, 0.05) is 18.7 Å². The molecule has 5 aliphatic rings. The average Bonchev–Trinajstić information content (AvgIpc) is 3.30. The molecular formula is C26H37NO4. The molecule has 1 N–H and O–H groups in total. The number of hydrogen-bond acceptors (Lipinski definition) is 3. The molecular weight excluding hydrogens is 390 g/mol. The van der Waals surface area contributed by atoms with Crippen molar-refractivity contribution in [1.82, 2.24) is 4.90 Å². The molecule has 0 radical (unpaired) electrons. The van der Waals surface area contributed by atoms with Gasteiger partial charge in [-0.25, -0.2) is 9.59 Å². The Bertz CT molecular complexity index is 846. The minimum atomic E-state index is -0.760. The molecule has 3 saturated carbocycles. The molecule has 0 bridgehead atoms. The molecule has 0 unspecified atom stereocenters. The van der Waals surface area contributed by atoms with Crippen LogP contribution in [0, 0.1) is 34.5 Å². The smallest absolute Gasteiger partial charge is 0.407 e. The second-order valence-electron chi connectivity index (χ2n) is 11.2. The summed E-state index contributed by atoms with van der Waals surface area (Å²) in [7, 11) is 0. The molecule has 7 atom stereocenters. The minimum Gasteiger partial charge on any atom is -0.465 e. The fraction of sp³-hybridized carbons (Fsp3) is 0.769. The number of esters is 1. The number of carbonyl (C=O) groups excluding carboxylic acids is 1. The maximum Gasteiger partial charge on any atom is 0.407 e. The van der Waals surface area contributed by atoms with Crippen molar-refractivity contribution in [2.24, 2.45) is 34.5 Å². The standard InChI is InChI=1S/C26H37NO4/c1-4-27(24(29)30)18-9-11-25(2)17(14-18)5-6-19-21-8-7-20(16-13-23(28)31-15-16)26(21,3)12-10-22(19)25/h8,13,17-20,22H,4-7,9-12,14-15H2,1-3H3,(H,29,30)/t17-,18+,19+,20-,22+,25+,26-/m1/s1. The van der Waals surface area contributed by atoms with Gasteiger partial charge < -0.3 is 14.7 Å². The lowest BCUT2D eigenvalue weighted by Gasteiger charge is -2.60. The SMILES string of the molecule is CCN(C(=O)O)[C@H]1CC[C@@]2(C)[C@H](CC[C@H]3C4=CC[C@H](C5=CC(=O)OC5)[C@@]4(C)CC[C@@H]32)C1. The number of carboxylic acid groups (broad SMARTS) is 1. The average molecular weight is 428 g/mol. The van der Waals surface area contributed by atoms with Crippen molar-refractivity contribution < 1.29 is 19.4 Å². The summed E-state index contributed by atoms with van der Waals surface area (Å²) in [6, 6.07) is 0.188. The van der Waals surface area contributed by atoms with Gasteiger partial charge in [-0.15, -0.1) is 0 Å². The molecule has 5 nitrogen and oxygen atoms in total. The highest BCUT2D eigenvalue weighted by Crippen LogP contribution is 2.66. The van der Waals surface area contributed by atoms with Crippen LogP contribution in [0.3, 0.4) is 0 Å². The third kappa shape index (κ3) is 3.09. The summed E-state index contributed by atoms with van der Waals surface area (Å²) in [4.78, 5) is 25.1. The third-order valence-corrected chi connectivity index (χ3v) is 10.2. The summed E-state index contributed by atoms with van der Waals surface area (Å²) in [5.74, 6) is 2.24. The van der Waals surface area contributed by atoms with Crippen LogP contribution in [0.1, 0.15) is 72.1 Å². The second kappa shape index (κ2) is 7.38. The maximum atomic E-state index is 11.7. The molecule has 1 amide bonds. The van der Waals surface area contributed by atoms with Gasteiger partial charge >= 0.3 is 12.1 Å². The number of rotatable bonds is 3. The largest absolute Gasteiger partial charge is 0.465 e. The molecule has 1 heterocycles. The lowest BCUT2D eigenvalue weighted by atomic mass is 9.45. The number of fused-ring (bicyclic) bond motifs is 5. The van der Waals surface area contributed by atoms with Crippen molar-refractivity contribution >= 4 is 12.1 Å². The van der Waals surface area contributed by atoms with E-state index in [-0.39, 0.29) is 17.4 Å². The Labute approximate surface area is 185 Å². The minimum absolute atomic E-state index is 0.170. The van der Waals surface area contributed by atoms with Crippen molar-refractivity contribution in [3.63, 3.8) is 0 Å². The number of ether oxygens (including phenoxy) is 1. The van der Waals surface area contributed by atoms with Gasteiger partial charge in [0.25, 0.3) is 0 Å². The first-order valence-corrected chi connectivity index (χ1v) is 12.3. The fourth-order valence-corrected chi connectivity index (χ4v) is 8.55. The molecule has 5 heteroatoms. The van der Waals surface area contributed by atoms with Crippen LogP contribution in [-0.4, -0.2) is 41.3 Å². The van der Waals surface area contributed by atoms with Crippen molar-refractivity contribution in [1.29, 1.82) is 0 Å². The first-order valence-electron chi connectivity index (χ1n) is 12.3. The number of amides is 1. The van der Waals surface area contributed by atoms with Gasteiger partial charge in [0.05, 0.1) is 0 Å². The zero-order valence-electron chi connectivity index (χ0n) is 19.2. The number of allylic oxidation sites excluding steroid dienone is 2.